The number of aromatic nitrogens is 2. The maximum atomic E-state index is 13.0. The van der Waals surface area contributed by atoms with Crippen LogP contribution >= 0.6 is 0 Å². The van der Waals surface area contributed by atoms with Crippen molar-refractivity contribution in [2.24, 2.45) is 0 Å². The van der Waals surface area contributed by atoms with Crippen LogP contribution in [0.15, 0.2) is 18.5 Å². The van der Waals surface area contributed by atoms with E-state index in [0.717, 1.165) is 6.92 Å². The quantitative estimate of drug-likeness (QED) is 0.839. The smallest absolute Gasteiger partial charge is 0.262 e. The SMILES string of the molecule is COc1c(N)ccc2ncn(CC(C)(F)F)c12. The first-order valence-corrected chi connectivity index (χ1v) is 5.07. The average Bonchev–Trinajstić information content (AvgIpc) is 2.59. The van der Waals surface area contributed by atoms with Crippen LogP contribution in [-0.2, 0) is 6.54 Å². The first-order chi connectivity index (χ1) is 7.92. The molecule has 0 fully saturated rings. The third-order valence-corrected chi connectivity index (χ3v) is 2.42. The lowest BCUT2D eigenvalue weighted by molar-refractivity contribution is 0.00489. The number of fused-ring (bicyclic) bond motifs is 1. The van der Waals surface area contributed by atoms with Crippen molar-refractivity contribution in [1.82, 2.24) is 9.55 Å². The minimum atomic E-state index is -2.82. The van der Waals surface area contributed by atoms with E-state index < -0.39 is 12.5 Å². The molecule has 0 aliphatic heterocycles. The van der Waals surface area contributed by atoms with Gasteiger partial charge in [0.15, 0.2) is 5.75 Å². The van der Waals surface area contributed by atoms with Gasteiger partial charge in [-0.2, -0.15) is 0 Å². The molecule has 92 valence electrons. The van der Waals surface area contributed by atoms with E-state index in [1.807, 2.05) is 0 Å². The van der Waals surface area contributed by atoms with Crippen LogP contribution in [0.4, 0.5) is 14.5 Å². The molecule has 2 aromatic rings. The monoisotopic (exact) mass is 241 g/mol. The zero-order valence-electron chi connectivity index (χ0n) is 9.58. The highest BCUT2D eigenvalue weighted by Gasteiger charge is 2.24. The number of rotatable bonds is 3. The molecule has 17 heavy (non-hydrogen) atoms. The third kappa shape index (κ3) is 2.15. The summed E-state index contributed by atoms with van der Waals surface area (Å²) in [5.74, 6) is -2.44. The van der Waals surface area contributed by atoms with Gasteiger partial charge in [-0.1, -0.05) is 0 Å². The van der Waals surface area contributed by atoms with Crippen LogP contribution in [0.1, 0.15) is 6.92 Å². The van der Waals surface area contributed by atoms with Gasteiger partial charge < -0.3 is 15.0 Å². The fourth-order valence-electron chi connectivity index (χ4n) is 1.78. The Balaban J connectivity index is 2.61. The molecule has 0 saturated heterocycles. The molecule has 0 unspecified atom stereocenters. The molecule has 4 nitrogen and oxygen atoms in total. The van der Waals surface area contributed by atoms with Crippen molar-refractivity contribution in [2.45, 2.75) is 19.4 Å². The van der Waals surface area contributed by atoms with Crippen LogP contribution in [0.2, 0.25) is 0 Å². The van der Waals surface area contributed by atoms with Crippen molar-refractivity contribution in [3.8, 4) is 5.75 Å². The van der Waals surface area contributed by atoms with Gasteiger partial charge in [0.1, 0.15) is 5.52 Å². The normalized spacial score (nSPS) is 12.0. The standard InChI is InChI=1S/C11H13F2N3O/c1-11(12,13)5-16-6-15-8-4-3-7(14)10(17-2)9(8)16/h3-4,6H,5,14H2,1-2H3. The van der Waals surface area contributed by atoms with Crippen molar-refractivity contribution in [1.29, 1.82) is 0 Å². The Hall–Kier alpha value is -1.85. The molecular weight excluding hydrogens is 228 g/mol. The molecule has 2 N–H and O–H groups in total. The molecule has 0 spiro atoms. The lowest BCUT2D eigenvalue weighted by atomic mass is 10.2. The minimum absolute atomic E-state index is 0.379. The Bertz CT molecular complexity index is 545. The molecule has 0 aliphatic carbocycles. The summed E-state index contributed by atoms with van der Waals surface area (Å²) in [6.45, 7) is 0.404. The molecule has 2 rings (SSSR count). The van der Waals surface area contributed by atoms with Crippen LogP contribution in [0.3, 0.4) is 0 Å². The Morgan fingerprint density at radius 1 is 1.47 bits per heavy atom. The maximum absolute atomic E-state index is 13.0. The van der Waals surface area contributed by atoms with Gasteiger partial charge in [0.25, 0.3) is 5.92 Å². The molecule has 0 saturated carbocycles. The summed E-state index contributed by atoms with van der Waals surface area (Å²) in [5.41, 5.74) is 7.22. The van der Waals surface area contributed by atoms with E-state index in [4.69, 9.17) is 10.5 Å². The van der Waals surface area contributed by atoms with E-state index in [1.54, 1.807) is 12.1 Å². The lowest BCUT2D eigenvalue weighted by Crippen LogP contribution is -2.18. The fourth-order valence-corrected chi connectivity index (χ4v) is 1.78. The molecule has 1 aromatic carbocycles. The second-order valence-electron chi connectivity index (χ2n) is 4.00. The van der Waals surface area contributed by atoms with Gasteiger partial charge in [-0.15, -0.1) is 0 Å². The van der Waals surface area contributed by atoms with Crippen molar-refractivity contribution in [2.75, 3.05) is 12.8 Å². The molecule has 0 amide bonds. The van der Waals surface area contributed by atoms with Crippen LogP contribution < -0.4 is 10.5 Å². The Labute approximate surface area is 97.0 Å². The Morgan fingerprint density at radius 2 is 2.18 bits per heavy atom. The third-order valence-electron chi connectivity index (χ3n) is 2.42. The number of nitrogens with two attached hydrogens (primary N) is 1. The molecule has 0 atom stereocenters. The zero-order valence-corrected chi connectivity index (χ0v) is 9.58. The number of hydrogen-bond donors (Lipinski definition) is 1. The first-order valence-electron chi connectivity index (χ1n) is 5.07. The highest BCUT2D eigenvalue weighted by Crippen LogP contribution is 2.32. The van der Waals surface area contributed by atoms with Crippen molar-refractivity contribution in [3.05, 3.63) is 18.5 Å². The summed E-state index contributed by atoms with van der Waals surface area (Å²) in [5, 5.41) is 0. The molecule has 6 heteroatoms. The summed E-state index contributed by atoms with van der Waals surface area (Å²) in [6, 6.07) is 3.32. The number of anilines is 1. The Morgan fingerprint density at radius 3 is 2.76 bits per heavy atom. The van der Waals surface area contributed by atoms with E-state index in [2.05, 4.69) is 4.98 Å². The van der Waals surface area contributed by atoms with Gasteiger partial charge in [0, 0.05) is 6.92 Å². The molecule has 0 bridgehead atoms. The summed E-state index contributed by atoms with van der Waals surface area (Å²) < 4.78 is 32.6. The predicted molar refractivity (Wildman–Crippen MR) is 61.3 cm³/mol. The van der Waals surface area contributed by atoms with Gasteiger partial charge >= 0.3 is 0 Å². The van der Waals surface area contributed by atoms with Crippen molar-refractivity contribution >= 4 is 16.7 Å². The van der Waals surface area contributed by atoms with E-state index in [0.29, 0.717) is 22.5 Å². The highest BCUT2D eigenvalue weighted by atomic mass is 19.3. The number of nitrogen functional groups attached to an aromatic ring is 1. The largest absolute Gasteiger partial charge is 0.492 e. The minimum Gasteiger partial charge on any atom is -0.492 e. The predicted octanol–water partition coefficient (Wildman–Crippen LogP) is 2.28. The van der Waals surface area contributed by atoms with Crippen LogP contribution in [0, 0.1) is 0 Å². The average molecular weight is 241 g/mol. The molecular formula is C11H13F2N3O. The zero-order chi connectivity index (χ0) is 12.6. The number of halogens is 2. The van der Waals surface area contributed by atoms with Crippen molar-refractivity contribution < 1.29 is 13.5 Å². The van der Waals surface area contributed by atoms with E-state index in [1.165, 1.54) is 18.0 Å². The van der Waals surface area contributed by atoms with E-state index >= 15 is 0 Å². The summed E-state index contributed by atoms with van der Waals surface area (Å²) in [7, 11) is 1.45. The molecule has 1 heterocycles. The second kappa shape index (κ2) is 3.87. The molecule has 0 aliphatic rings. The number of alkyl halides is 2. The van der Waals surface area contributed by atoms with E-state index in [-0.39, 0.29) is 0 Å². The summed E-state index contributed by atoms with van der Waals surface area (Å²) in [6.07, 6.45) is 1.37. The topological polar surface area (TPSA) is 53.1 Å². The number of nitrogens with zero attached hydrogens (tertiary/aromatic N) is 2. The van der Waals surface area contributed by atoms with Crippen LogP contribution in [0.5, 0.6) is 5.75 Å². The second-order valence-corrected chi connectivity index (χ2v) is 4.00. The number of benzene rings is 1. The van der Waals surface area contributed by atoms with Crippen LogP contribution in [-0.4, -0.2) is 22.6 Å². The van der Waals surface area contributed by atoms with Gasteiger partial charge in [-0.25, -0.2) is 13.8 Å². The van der Waals surface area contributed by atoms with Crippen molar-refractivity contribution in [3.63, 3.8) is 0 Å². The first kappa shape index (κ1) is 11.6. The van der Waals surface area contributed by atoms with Gasteiger partial charge in [-0.3, -0.25) is 0 Å². The van der Waals surface area contributed by atoms with Crippen LogP contribution in [0.25, 0.3) is 11.0 Å². The number of imidazole rings is 1. The summed E-state index contributed by atoms with van der Waals surface area (Å²) >= 11 is 0. The van der Waals surface area contributed by atoms with Gasteiger partial charge in [0.05, 0.1) is 31.2 Å². The number of methoxy groups -OCH3 is 1. The lowest BCUT2D eigenvalue weighted by Gasteiger charge is -2.13. The number of hydrogen-bond acceptors (Lipinski definition) is 3. The molecule has 0 radical (unpaired) electrons. The Kier molecular flexibility index (Phi) is 2.65. The summed E-state index contributed by atoms with van der Waals surface area (Å²) in [4.78, 5) is 4.05. The number of ether oxygens (including phenoxy) is 1. The fraction of sp³-hybridized carbons (Fsp3) is 0.364. The van der Waals surface area contributed by atoms with E-state index in [9.17, 15) is 8.78 Å². The maximum Gasteiger partial charge on any atom is 0.262 e. The highest BCUT2D eigenvalue weighted by molar-refractivity contribution is 5.87. The van der Waals surface area contributed by atoms with Gasteiger partial charge in [-0.05, 0) is 12.1 Å². The van der Waals surface area contributed by atoms with Gasteiger partial charge in [0.2, 0.25) is 0 Å². The molecule has 1 aromatic heterocycles.